The Morgan fingerprint density at radius 1 is 1.10 bits per heavy atom. The highest BCUT2D eigenvalue weighted by molar-refractivity contribution is 5.76. The standard InChI is InChI=1S/C24H28N4O/c1-19(27-14-13-21-7-5-6-8-22(21)18-27)15-25-24(29)12-11-20-16-26-28(17-20)23-9-3-2-4-10-23/h2-10,16-17,19H,11-15,18H2,1H3,(H,25,29). The summed E-state index contributed by atoms with van der Waals surface area (Å²) in [6.07, 6.45) is 6.10. The Morgan fingerprint density at radius 3 is 2.69 bits per heavy atom. The fraction of sp³-hybridized carbons (Fsp3) is 0.333. The highest BCUT2D eigenvalue weighted by atomic mass is 16.1. The molecule has 0 saturated carbocycles. The predicted octanol–water partition coefficient (Wildman–Crippen LogP) is 3.37. The minimum atomic E-state index is 0.0988. The Hall–Kier alpha value is -2.92. The highest BCUT2D eigenvalue weighted by Gasteiger charge is 2.20. The summed E-state index contributed by atoms with van der Waals surface area (Å²) in [5.41, 5.74) is 4.97. The van der Waals surface area contributed by atoms with Crippen LogP contribution in [0.25, 0.3) is 5.69 Å². The number of amides is 1. The van der Waals surface area contributed by atoms with E-state index in [0.717, 1.165) is 30.8 Å². The molecule has 5 nitrogen and oxygen atoms in total. The van der Waals surface area contributed by atoms with Crippen molar-refractivity contribution in [2.24, 2.45) is 0 Å². The van der Waals surface area contributed by atoms with E-state index in [1.54, 1.807) is 0 Å². The molecule has 0 spiro atoms. The molecular formula is C24H28N4O. The molecule has 150 valence electrons. The number of nitrogens with one attached hydrogen (secondary N) is 1. The number of aryl methyl sites for hydroxylation is 1. The van der Waals surface area contributed by atoms with Crippen LogP contribution in [0.3, 0.4) is 0 Å². The molecule has 2 heterocycles. The minimum Gasteiger partial charge on any atom is -0.355 e. The first-order valence-corrected chi connectivity index (χ1v) is 10.4. The predicted molar refractivity (Wildman–Crippen MR) is 115 cm³/mol. The summed E-state index contributed by atoms with van der Waals surface area (Å²) in [4.78, 5) is 14.8. The third-order valence-electron chi connectivity index (χ3n) is 5.68. The summed E-state index contributed by atoms with van der Waals surface area (Å²) in [5.74, 6) is 0.0988. The van der Waals surface area contributed by atoms with Crippen LogP contribution in [0.1, 0.15) is 30.0 Å². The van der Waals surface area contributed by atoms with Crippen LogP contribution in [0.4, 0.5) is 0 Å². The fourth-order valence-electron chi connectivity index (χ4n) is 3.84. The van der Waals surface area contributed by atoms with Gasteiger partial charge in [-0.25, -0.2) is 4.68 Å². The first-order valence-electron chi connectivity index (χ1n) is 10.4. The van der Waals surface area contributed by atoms with Crippen LogP contribution in [0.5, 0.6) is 0 Å². The Labute approximate surface area is 172 Å². The first-order chi connectivity index (χ1) is 14.2. The second-order valence-corrected chi connectivity index (χ2v) is 7.77. The van der Waals surface area contributed by atoms with Crippen molar-refractivity contribution >= 4 is 5.91 Å². The zero-order valence-corrected chi connectivity index (χ0v) is 16.9. The number of nitrogens with zero attached hydrogens (tertiary/aromatic N) is 3. The van der Waals surface area contributed by atoms with Gasteiger partial charge in [0.25, 0.3) is 0 Å². The first kappa shape index (κ1) is 19.4. The van der Waals surface area contributed by atoms with Crippen molar-refractivity contribution in [2.45, 2.75) is 38.8 Å². The lowest BCUT2D eigenvalue weighted by Crippen LogP contribution is -2.44. The van der Waals surface area contributed by atoms with E-state index >= 15 is 0 Å². The number of aromatic nitrogens is 2. The molecule has 3 aromatic rings. The van der Waals surface area contributed by atoms with E-state index in [0.29, 0.717) is 25.4 Å². The van der Waals surface area contributed by atoms with Crippen molar-refractivity contribution < 1.29 is 4.79 Å². The smallest absolute Gasteiger partial charge is 0.220 e. The number of para-hydroxylation sites is 1. The molecule has 29 heavy (non-hydrogen) atoms. The molecule has 1 aromatic heterocycles. The van der Waals surface area contributed by atoms with Gasteiger partial charge < -0.3 is 5.32 Å². The van der Waals surface area contributed by atoms with Gasteiger partial charge >= 0.3 is 0 Å². The van der Waals surface area contributed by atoms with Crippen molar-refractivity contribution in [3.05, 3.63) is 83.7 Å². The zero-order chi connectivity index (χ0) is 20.1. The van der Waals surface area contributed by atoms with Gasteiger partial charge in [0.1, 0.15) is 0 Å². The van der Waals surface area contributed by atoms with Crippen LogP contribution >= 0.6 is 0 Å². The van der Waals surface area contributed by atoms with Crippen molar-refractivity contribution in [3.8, 4) is 5.69 Å². The Balaban J connectivity index is 1.22. The van der Waals surface area contributed by atoms with Gasteiger partial charge in [0, 0.05) is 38.3 Å². The van der Waals surface area contributed by atoms with Crippen molar-refractivity contribution in [3.63, 3.8) is 0 Å². The fourth-order valence-corrected chi connectivity index (χ4v) is 3.84. The Morgan fingerprint density at radius 2 is 1.86 bits per heavy atom. The number of rotatable bonds is 7. The maximum Gasteiger partial charge on any atom is 0.220 e. The average Bonchev–Trinajstić information content (AvgIpc) is 3.25. The van der Waals surface area contributed by atoms with Gasteiger partial charge in [-0.2, -0.15) is 5.10 Å². The quantitative estimate of drug-likeness (QED) is 0.675. The molecule has 0 fully saturated rings. The highest BCUT2D eigenvalue weighted by Crippen LogP contribution is 2.20. The molecule has 1 amide bonds. The number of carbonyl (C=O) groups is 1. The van der Waals surface area contributed by atoms with Crippen molar-refractivity contribution in [2.75, 3.05) is 13.1 Å². The molecule has 1 aliphatic heterocycles. The monoisotopic (exact) mass is 388 g/mol. The van der Waals surface area contributed by atoms with Gasteiger partial charge in [0.15, 0.2) is 0 Å². The van der Waals surface area contributed by atoms with Crippen LogP contribution < -0.4 is 5.32 Å². The molecule has 0 radical (unpaired) electrons. The molecule has 2 aromatic carbocycles. The molecule has 5 heteroatoms. The maximum atomic E-state index is 12.3. The lowest BCUT2D eigenvalue weighted by Gasteiger charge is -2.33. The average molecular weight is 389 g/mol. The summed E-state index contributed by atoms with van der Waals surface area (Å²) < 4.78 is 1.85. The van der Waals surface area contributed by atoms with E-state index in [1.165, 1.54) is 11.1 Å². The van der Waals surface area contributed by atoms with Gasteiger partial charge in [0.05, 0.1) is 11.9 Å². The van der Waals surface area contributed by atoms with Gasteiger partial charge in [-0.05, 0) is 48.6 Å². The molecule has 1 aliphatic rings. The van der Waals surface area contributed by atoms with E-state index < -0.39 is 0 Å². The topological polar surface area (TPSA) is 50.2 Å². The second-order valence-electron chi connectivity index (χ2n) is 7.77. The van der Waals surface area contributed by atoms with Gasteiger partial charge in [0.2, 0.25) is 5.91 Å². The second kappa shape index (κ2) is 9.05. The van der Waals surface area contributed by atoms with Gasteiger partial charge in [-0.1, -0.05) is 42.5 Å². The maximum absolute atomic E-state index is 12.3. The normalized spacial score (nSPS) is 14.9. The summed E-state index contributed by atoms with van der Waals surface area (Å²) in [6, 6.07) is 19.0. The molecule has 0 saturated heterocycles. The van der Waals surface area contributed by atoms with Crippen LogP contribution in [0.15, 0.2) is 67.0 Å². The van der Waals surface area contributed by atoms with Gasteiger partial charge in [-0.3, -0.25) is 9.69 Å². The molecule has 1 atom stereocenters. The van der Waals surface area contributed by atoms with E-state index in [1.807, 2.05) is 47.4 Å². The largest absolute Gasteiger partial charge is 0.355 e. The summed E-state index contributed by atoms with van der Waals surface area (Å²) in [6.45, 7) is 4.89. The van der Waals surface area contributed by atoms with E-state index in [2.05, 4.69) is 46.5 Å². The molecule has 0 bridgehead atoms. The number of carbonyl (C=O) groups excluding carboxylic acids is 1. The lowest BCUT2D eigenvalue weighted by atomic mass is 9.99. The molecule has 1 N–H and O–H groups in total. The Kier molecular flexibility index (Phi) is 6.06. The summed E-state index contributed by atoms with van der Waals surface area (Å²) >= 11 is 0. The third-order valence-corrected chi connectivity index (χ3v) is 5.68. The van der Waals surface area contributed by atoms with E-state index in [-0.39, 0.29) is 5.91 Å². The number of hydrogen-bond donors (Lipinski definition) is 1. The molecule has 4 rings (SSSR count). The SMILES string of the molecule is CC(CNC(=O)CCc1cnn(-c2ccccc2)c1)N1CCc2ccccc2C1. The van der Waals surface area contributed by atoms with Crippen LogP contribution in [-0.2, 0) is 24.2 Å². The van der Waals surface area contributed by atoms with E-state index in [4.69, 9.17) is 0 Å². The number of fused-ring (bicyclic) bond motifs is 1. The van der Waals surface area contributed by atoms with E-state index in [9.17, 15) is 4.79 Å². The van der Waals surface area contributed by atoms with Crippen molar-refractivity contribution in [1.29, 1.82) is 0 Å². The molecule has 1 unspecified atom stereocenters. The van der Waals surface area contributed by atoms with Crippen molar-refractivity contribution in [1.82, 2.24) is 20.0 Å². The van der Waals surface area contributed by atoms with Crippen LogP contribution in [-0.4, -0.2) is 39.7 Å². The summed E-state index contributed by atoms with van der Waals surface area (Å²) in [5, 5.41) is 7.50. The lowest BCUT2D eigenvalue weighted by molar-refractivity contribution is -0.121. The number of benzene rings is 2. The zero-order valence-electron chi connectivity index (χ0n) is 16.9. The Bertz CT molecular complexity index is 950. The van der Waals surface area contributed by atoms with Crippen LogP contribution in [0.2, 0.25) is 0 Å². The van der Waals surface area contributed by atoms with Crippen LogP contribution in [0, 0.1) is 0 Å². The molecule has 0 aliphatic carbocycles. The summed E-state index contributed by atoms with van der Waals surface area (Å²) in [7, 11) is 0. The third kappa shape index (κ3) is 4.93. The molecular weight excluding hydrogens is 360 g/mol. The van der Waals surface area contributed by atoms with Gasteiger partial charge in [-0.15, -0.1) is 0 Å². The minimum absolute atomic E-state index is 0.0988. The number of hydrogen-bond acceptors (Lipinski definition) is 3.